The molecule has 1 aromatic carbocycles. The van der Waals surface area contributed by atoms with Gasteiger partial charge in [-0.3, -0.25) is 20.2 Å². The van der Waals surface area contributed by atoms with Crippen LogP contribution in [0.5, 0.6) is 0 Å². The lowest BCUT2D eigenvalue weighted by atomic mass is 10.2. The normalized spacial score (nSPS) is 10.5. The van der Waals surface area contributed by atoms with Crippen molar-refractivity contribution in [3.63, 3.8) is 0 Å². The molecule has 6 nitrogen and oxygen atoms in total. The molecule has 0 atom stereocenters. The number of hydrogen-bond donors (Lipinski definition) is 1. The molecule has 0 saturated carbocycles. The van der Waals surface area contributed by atoms with Gasteiger partial charge in [-0.2, -0.15) is 0 Å². The van der Waals surface area contributed by atoms with Crippen LogP contribution in [-0.4, -0.2) is 15.8 Å². The number of amides is 1. The smallest absolute Gasteiger partial charge is 0.270 e. The van der Waals surface area contributed by atoms with E-state index in [4.69, 9.17) is 0 Å². The number of thiazole rings is 1. The maximum atomic E-state index is 11.5. The molecule has 1 heterocycles. The number of benzene rings is 1. The summed E-state index contributed by atoms with van der Waals surface area (Å²) >= 11 is 1.31. The van der Waals surface area contributed by atoms with Crippen LogP contribution < -0.4 is 5.32 Å². The highest BCUT2D eigenvalue weighted by Gasteiger charge is 2.04. The Kier molecular flexibility index (Phi) is 3.99. The Hall–Kier alpha value is -2.54. The van der Waals surface area contributed by atoms with Crippen molar-refractivity contribution in [1.82, 2.24) is 4.98 Å². The number of carbonyl (C=O) groups excluding carboxylic acids is 1. The Balaban J connectivity index is 2.04. The topological polar surface area (TPSA) is 85.1 Å². The van der Waals surface area contributed by atoms with E-state index in [0.29, 0.717) is 10.7 Å². The lowest BCUT2D eigenvalue weighted by Crippen LogP contribution is -2.07. The van der Waals surface area contributed by atoms with E-state index in [-0.39, 0.29) is 11.6 Å². The summed E-state index contributed by atoms with van der Waals surface area (Å²) in [5.74, 6) is -0.332. The number of aromatic nitrogens is 1. The second-order valence-electron chi connectivity index (χ2n) is 3.51. The number of anilines is 1. The fourth-order valence-corrected chi connectivity index (χ4v) is 1.88. The molecule has 0 aliphatic rings. The van der Waals surface area contributed by atoms with Crippen LogP contribution in [0.4, 0.5) is 10.8 Å². The van der Waals surface area contributed by atoms with Crippen LogP contribution in [0.2, 0.25) is 0 Å². The average Bonchev–Trinajstić information content (AvgIpc) is 2.89. The quantitative estimate of drug-likeness (QED) is 0.528. The van der Waals surface area contributed by atoms with Crippen molar-refractivity contribution in [3.8, 4) is 0 Å². The third-order valence-corrected chi connectivity index (χ3v) is 2.86. The fraction of sp³-hybridized carbons (Fsp3) is 0. The molecule has 0 radical (unpaired) electrons. The van der Waals surface area contributed by atoms with Crippen LogP contribution in [0.25, 0.3) is 6.08 Å². The van der Waals surface area contributed by atoms with E-state index in [1.165, 1.54) is 35.6 Å². The zero-order valence-corrected chi connectivity index (χ0v) is 10.5. The van der Waals surface area contributed by atoms with Crippen LogP contribution in [0.1, 0.15) is 5.56 Å². The molecule has 0 aliphatic heterocycles. The summed E-state index contributed by atoms with van der Waals surface area (Å²) < 4.78 is 0. The van der Waals surface area contributed by atoms with Gasteiger partial charge in [0.25, 0.3) is 5.69 Å². The van der Waals surface area contributed by atoms with Crippen molar-refractivity contribution in [2.24, 2.45) is 0 Å². The Morgan fingerprint density at radius 3 is 3.00 bits per heavy atom. The molecule has 0 spiro atoms. The highest BCUT2D eigenvalue weighted by atomic mass is 32.1. The van der Waals surface area contributed by atoms with Gasteiger partial charge >= 0.3 is 0 Å². The first-order valence-corrected chi connectivity index (χ1v) is 6.16. The zero-order chi connectivity index (χ0) is 13.7. The predicted molar refractivity (Wildman–Crippen MR) is 72.9 cm³/mol. The Bertz CT molecular complexity index is 623. The van der Waals surface area contributed by atoms with Crippen molar-refractivity contribution in [1.29, 1.82) is 0 Å². The first-order valence-electron chi connectivity index (χ1n) is 5.28. The average molecular weight is 275 g/mol. The molecule has 2 rings (SSSR count). The molecular weight excluding hydrogens is 266 g/mol. The van der Waals surface area contributed by atoms with E-state index in [1.807, 2.05) is 0 Å². The second-order valence-corrected chi connectivity index (χ2v) is 4.41. The van der Waals surface area contributed by atoms with Gasteiger partial charge in [0.15, 0.2) is 5.13 Å². The second kappa shape index (κ2) is 5.87. The van der Waals surface area contributed by atoms with Crippen molar-refractivity contribution in [3.05, 3.63) is 57.6 Å². The monoisotopic (exact) mass is 275 g/mol. The number of carbonyl (C=O) groups is 1. The molecule has 1 aromatic heterocycles. The number of nitro benzene ring substituents is 1. The zero-order valence-electron chi connectivity index (χ0n) is 9.65. The number of nitro groups is 1. The van der Waals surface area contributed by atoms with Gasteiger partial charge in [0, 0.05) is 29.8 Å². The summed E-state index contributed by atoms with van der Waals surface area (Å²) in [7, 11) is 0. The van der Waals surface area contributed by atoms with Crippen LogP contribution >= 0.6 is 11.3 Å². The van der Waals surface area contributed by atoms with Gasteiger partial charge in [-0.1, -0.05) is 12.1 Å². The Labute approximate surface area is 112 Å². The van der Waals surface area contributed by atoms with Gasteiger partial charge < -0.3 is 0 Å². The molecule has 19 heavy (non-hydrogen) atoms. The number of non-ortho nitro benzene ring substituents is 1. The summed E-state index contributed by atoms with van der Waals surface area (Å²) in [4.78, 5) is 25.6. The van der Waals surface area contributed by atoms with Crippen molar-refractivity contribution >= 4 is 34.1 Å². The van der Waals surface area contributed by atoms with Crippen LogP contribution in [0.15, 0.2) is 41.9 Å². The molecular formula is C12H9N3O3S. The largest absolute Gasteiger partial charge is 0.298 e. The van der Waals surface area contributed by atoms with Crippen molar-refractivity contribution in [2.45, 2.75) is 0 Å². The van der Waals surface area contributed by atoms with Gasteiger partial charge in [0.05, 0.1) is 4.92 Å². The molecule has 0 fully saturated rings. The highest BCUT2D eigenvalue weighted by Crippen LogP contribution is 2.14. The SMILES string of the molecule is O=C(/C=C/c1cccc([N+](=O)[O-])c1)Nc1nccs1. The summed E-state index contributed by atoms with van der Waals surface area (Å²) in [5, 5.41) is 15.4. The minimum Gasteiger partial charge on any atom is -0.298 e. The van der Waals surface area contributed by atoms with E-state index < -0.39 is 4.92 Å². The van der Waals surface area contributed by atoms with E-state index >= 15 is 0 Å². The summed E-state index contributed by atoms with van der Waals surface area (Å²) in [6.07, 6.45) is 4.40. The molecule has 0 unspecified atom stereocenters. The summed E-state index contributed by atoms with van der Waals surface area (Å²) in [6, 6.07) is 6.04. The molecule has 0 saturated heterocycles. The summed E-state index contributed by atoms with van der Waals surface area (Å²) in [5.41, 5.74) is 0.575. The van der Waals surface area contributed by atoms with Gasteiger partial charge in [0.2, 0.25) is 5.91 Å². The minimum atomic E-state index is -0.479. The van der Waals surface area contributed by atoms with Gasteiger partial charge in [-0.25, -0.2) is 4.98 Å². The first kappa shape index (κ1) is 12.9. The standard InChI is InChI=1S/C12H9N3O3S/c16-11(14-12-13-6-7-19-12)5-4-9-2-1-3-10(8-9)15(17)18/h1-8H,(H,13,14,16)/b5-4+. The Morgan fingerprint density at radius 1 is 1.47 bits per heavy atom. The lowest BCUT2D eigenvalue weighted by molar-refractivity contribution is -0.384. The van der Waals surface area contributed by atoms with Gasteiger partial charge in [-0.05, 0) is 11.6 Å². The van der Waals surface area contributed by atoms with Crippen LogP contribution in [0, 0.1) is 10.1 Å². The minimum absolute atomic E-state index is 0.0116. The fourth-order valence-electron chi connectivity index (χ4n) is 1.35. The summed E-state index contributed by atoms with van der Waals surface area (Å²) in [6.45, 7) is 0. The molecule has 1 N–H and O–H groups in total. The van der Waals surface area contributed by atoms with Crippen LogP contribution in [-0.2, 0) is 4.79 Å². The van der Waals surface area contributed by atoms with Gasteiger partial charge in [-0.15, -0.1) is 11.3 Å². The molecule has 7 heteroatoms. The molecule has 96 valence electrons. The van der Waals surface area contributed by atoms with E-state index in [9.17, 15) is 14.9 Å². The first-order chi connectivity index (χ1) is 9.15. The number of rotatable bonds is 4. The maximum Gasteiger partial charge on any atom is 0.270 e. The van der Waals surface area contributed by atoms with Crippen LogP contribution in [0.3, 0.4) is 0 Å². The number of nitrogens with one attached hydrogen (secondary N) is 1. The Morgan fingerprint density at radius 2 is 2.32 bits per heavy atom. The third-order valence-electron chi connectivity index (χ3n) is 2.17. The van der Waals surface area contributed by atoms with Crippen molar-refractivity contribution in [2.75, 3.05) is 5.32 Å². The predicted octanol–water partition coefficient (Wildman–Crippen LogP) is 2.70. The van der Waals surface area contributed by atoms with Crippen molar-refractivity contribution < 1.29 is 9.72 Å². The lowest BCUT2D eigenvalue weighted by Gasteiger charge is -1.96. The van der Waals surface area contributed by atoms with E-state index in [2.05, 4.69) is 10.3 Å². The third kappa shape index (κ3) is 3.71. The molecule has 2 aromatic rings. The maximum absolute atomic E-state index is 11.5. The molecule has 0 bridgehead atoms. The number of nitrogens with zero attached hydrogens (tertiary/aromatic N) is 2. The van der Waals surface area contributed by atoms with Gasteiger partial charge in [0.1, 0.15) is 0 Å². The highest BCUT2D eigenvalue weighted by molar-refractivity contribution is 7.13. The van der Waals surface area contributed by atoms with E-state index in [1.54, 1.807) is 23.7 Å². The number of hydrogen-bond acceptors (Lipinski definition) is 5. The molecule has 0 aliphatic carbocycles. The molecule has 1 amide bonds. The van der Waals surface area contributed by atoms with E-state index in [0.717, 1.165) is 0 Å².